The van der Waals surface area contributed by atoms with E-state index in [1.165, 1.54) is 29.7 Å². The molecule has 0 saturated carbocycles. The van der Waals surface area contributed by atoms with Crippen molar-refractivity contribution >= 4 is 17.5 Å². The highest BCUT2D eigenvalue weighted by Gasteiger charge is 2.66. The third-order valence-corrected chi connectivity index (χ3v) is 5.28. The molecule has 158 valence electrons. The van der Waals surface area contributed by atoms with Crippen LogP contribution in [0.15, 0.2) is 46.6 Å². The normalized spacial score (nSPS) is 24.0. The van der Waals surface area contributed by atoms with Gasteiger partial charge in [-0.2, -0.15) is 0 Å². The number of hydrogen-bond donors (Lipinski definition) is 0. The Morgan fingerprint density at radius 3 is 2.28 bits per heavy atom. The van der Waals surface area contributed by atoms with Crippen LogP contribution in [0.25, 0.3) is 0 Å². The maximum Gasteiger partial charge on any atom is 0.302 e. The van der Waals surface area contributed by atoms with E-state index in [1.807, 2.05) is 13.0 Å². The molecule has 0 radical (unpaired) electrons. The van der Waals surface area contributed by atoms with Crippen LogP contribution in [0.4, 0.5) is 0 Å². The van der Waals surface area contributed by atoms with Crippen molar-refractivity contribution in [2.45, 2.75) is 78.4 Å². The second-order valence-electron chi connectivity index (χ2n) is 8.23. The van der Waals surface area contributed by atoms with Crippen molar-refractivity contribution in [1.29, 1.82) is 0 Å². The van der Waals surface area contributed by atoms with E-state index in [0.717, 1.165) is 25.7 Å². The van der Waals surface area contributed by atoms with E-state index in [1.54, 1.807) is 0 Å². The van der Waals surface area contributed by atoms with Crippen LogP contribution in [-0.4, -0.2) is 35.8 Å². The molecular formula is C24H32O5. The maximum atomic E-state index is 12.5. The SMILES string of the molecule is CC(=O)OCC1=CC(=O)C2(C/C=C(\C)CC/C=C(\C)CCC=C(C)C)O[C@@H]2C1=O. The molecule has 0 N–H and O–H groups in total. The summed E-state index contributed by atoms with van der Waals surface area (Å²) in [6.45, 7) is 9.51. The standard InChI is InChI=1S/C24H32O5/c1-16(2)8-6-9-17(3)10-7-11-18(4)12-13-24-21(26)14-20(15-28-19(5)25)22(27)23(24)29-24/h8,10,12,14,23H,6-7,9,11,13,15H2,1-5H3/b17-10+,18-12+/t23-,24?/m1/s1. The number of carbonyl (C=O) groups excluding carboxylic acids is 3. The van der Waals surface area contributed by atoms with E-state index in [-0.39, 0.29) is 23.7 Å². The van der Waals surface area contributed by atoms with Crippen LogP contribution in [-0.2, 0) is 23.9 Å². The van der Waals surface area contributed by atoms with Gasteiger partial charge in [-0.1, -0.05) is 34.9 Å². The number of allylic oxidation sites excluding steroid dienone is 5. The van der Waals surface area contributed by atoms with Crippen LogP contribution in [0.2, 0.25) is 0 Å². The summed E-state index contributed by atoms with van der Waals surface area (Å²) in [4.78, 5) is 35.8. The zero-order chi connectivity index (χ0) is 21.6. The molecule has 0 aromatic heterocycles. The number of carbonyl (C=O) groups is 3. The van der Waals surface area contributed by atoms with E-state index in [9.17, 15) is 14.4 Å². The predicted octanol–water partition coefficient (Wildman–Crippen LogP) is 4.57. The molecule has 2 aliphatic rings. The third-order valence-electron chi connectivity index (χ3n) is 5.28. The van der Waals surface area contributed by atoms with Gasteiger partial charge >= 0.3 is 5.97 Å². The Morgan fingerprint density at radius 1 is 1.03 bits per heavy atom. The monoisotopic (exact) mass is 400 g/mol. The van der Waals surface area contributed by atoms with Crippen molar-refractivity contribution in [3.05, 3.63) is 46.6 Å². The third kappa shape index (κ3) is 6.36. The smallest absolute Gasteiger partial charge is 0.302 e. The average Bonchev–Trinajstić information content (AvgIpc) is 3.38. The van der Waals surface area contributed by atoms with E-state index < -0.39 is 17.7 Å². The molecule has 2 rings (SSSR count). The molecule has 29 heavy (non-hydrogen) atoms. The van der Waals surface area contributed by atoms with Crippen LogP contribution in [0.3, 0.4) is 0 Å². The van der Waals surface area contributed by atoms with E-state index in [0.29, 0.717) is 6.42 Å². The van der Waals surface area contributed by atoms with Gasteiger partial charge in [-0.3, -0.25) is 14.4 Å². The molecule has 0 bridgehead atoms. The first-order valence-corrected chi connectivity index (χ1v) is 10.2. The Kier molecular flexibility index (Phi) is 7.91. The first-order valence-electron chi connectivity index (χ1n) is 10.2. The number of fused-ring (bicyclic) bond motifs is 1. The van der Waals surface area contributed by atoms with Gasteiger partial charge in [0.15, 0.2) is 23.3 Å². The van der Waals surface area contributed by atoms with Crippen molar-refractivity contribution in [2.24, 2.45) is 0 Å². The lowest BCUT2D eigenvalue weighted by Gasteiger charge is -2.14. The van der Waals surface area contributed by atoms with Gasteiger partial charge in [-0.15, -0.1) is 0 Å². The first-order chi connectivity index (χ1) is 13.7. The Labute approximate surface area is 173 Å². The van der Waals surface area contributed by atoms with Gasteiger partial charge in [0.25, 0.3) is 0 Å². The Morgan fingerprint density at radius 2 is 1.66 bits per heavy atom. The van der Waals surface area contributed by atoms with E-state index >= 15 is 0 Å². The average molecular weight is 401 g/mol. The minimum absolute atomic E-state index is 0.177. The van der Waals surface area contributed by atoms with E-state index in [2.05, 4.69) is 32.9 Å². The molecule has 5 heteroatoms. The van der Waals surface area contributed by atoms with Crippen LogP contribution in [0.1, 0.15) is 66.7 Å². The zero-order valence-electron chi connectivity index (χ0n) is 18.2. The Balaban J connectivity index is 1.85. The van der Waals surface area contributed by atoms with Crippen LogP contribution < -0.4 is 0 Å². The number of rotatable bonds is 10. The van der Waals surface area contributed by atoms with Crippen molar-refractivity contribution < 1.29 is 23.9 Å². The molecule has 5 nitrogen and oxygen atoms in total. The fraction of sp³-hybridized carbons (Fsp3) is 0.542. The molecule has 2 atom stereocenters. The second kappa shape index (κ2) is 9.97. The lowest BCUT2D eigenvalue weighted by molar-refractivity contribution is -0.140. The molecule has 1 aliphatic carbocycles. The van der Waals surface area contributed by atoms with Gasteiger partial charge in [-0.25, -0.2) is 0 Å². The fourth-order valence-electron chi connectivity index (χ4n) is 3.36. The molecule has 1 heterocycles. The summed E-state index contributed by atoms with van der Waals surface area (Å²) in [5.74, 6) is -0.963. The van der Waals surface area contributed by atoms with Gasteiger partial charge in [0.1, 0.15) is 6.61 Å². The number of ketones is 2. The maximum absolute atomic E-state index is 12.5. The molecule has 1 saturated heterocycles. The van der Waals surface area contributed by atoms with Gasteiger partial charge in [0.2, 0.25) is 0 Å². The largest absolute Gasteiger partial charge is 0.461 e. The minimum Gasteiger partial charge on any atom is -0.461 e. The molecular weight excluding hydrogens is 368 g/mol. The fourth-order valence-corrected chi connectivity index (χ4v) is 3.36. The van der Waals surface area contributed by atoms with Crippen molar-refractivity contribution in [3.8, 4) is 0 Å². The first kappa shape index (κ1) is 23.0. The zero-order valence-corrected chi connectivity index (χ0v) is 18.2. The lowest BCUT2D eigenvalue weighted by atomic mass is 9.85. The number of Topliss-reactive ketones (excluding diaryl/α,β-unsaturated/α-hetero) is 1. The summed E-state index contributed by atoms with van der Waals surface area (Å²) in [5.41, 5.74) is 3.07. The summed E-state index contributed by atoms with van der Waals surface area (Å²) in [6, 6.07) is 0. The van der Waals surface area contributed by atoms with Crippen LogP contribution in [0, 0.1) is 0 Å². The molecule has 1 aliphatic heterocycles. The second-order valence-corrected chi connectivity index (χ2v) is 8.23. The van der Waals surface area contributed by atoms with E-state index in [4.69, 9.17) is 9.47 Å². The number of ether oxygens (including phenoxy) is 2. The number of esters is 1. The topological polar surface area (TPSA) is 73.0 Å². The Hall–Kier alpha value is -2.27. The number of hydrogen-bond acceptors (Lipinski definition) is 5. The highest BCUT2D eigenvalue weighted by molar-refractivity contribution is 6.18. The molecule has 0 aromatic rings. The van der Waals surface area contributed by atoms with Crippen molar-refractivity contribution in [3.63, 3.8) is 0 Å². The summed E-state index contributed by atoms with van der Waals surface area (Å²) >= 11 is 0. The number of epoxide rings is 1. The molecule has 1 fully saturated rings. The van der Waals surface area contributed by atoms with Gasteiger partial charge in [0.05, 0.1) is 0 Å². The van der Waals surface area contributed by atoms with Crippen molar-refractivity contribution in [1.82, 2.24) is 0 Å². The van der Waals surface area contributed by atoms with Gasteiger partial charge in [-0.05, 0) is 59.5 Å². The summed E-state index contributed by atoms with van der Waals surface area (Å²) in [7, 11) is 0. The van der Waals surface area contributed by atoms with Gasteiger partial charge in [0, 0.05) is 18.9 Å². The lowest BCUT2D eigenvalue weighted by Crippen LogP contribution is -2.35. The summed E-state index contributed by atoms with van der Waals surface area (Å²) in [6.07, 6.45) is 11.5. The predicted molar refractivity (Wildman–Crippen MR) is 112 cm³/mol. The van der Waals surface area contributed by atoms with Crippen LogP contribution in [0.5, 0.6) is 0 Å². The summed E-state index contributed by atoms with van der Waals surface area (Å²) in [5, 5.41) is 0. The highest BCUT2D eigenvalue weighted by atomic mass is 16.6. The summed E-state index contributed by atoms with van der Waals surface area (Å²) < 4.78 is 10.4. The Bertz CT molecular complexity index is 792. The molecule has 0 spiro atoms. The molecule has 1 unspecified atom stereocenters. The highest BCUT2D eigenvalue weighted by Crippen LogP contribution is 2.46. The quantitative estimate of drug-likeness (QED) is 0.305. The molecule has 0 aromatic carbocycles. The minimum atomic E-state index is -1.05. The van der Waals surface area contributed by atoms with Crippen molar-refractivity contribution in [2.75, 3.05) is 6.61 Å². The van der Waals surface area contributed by atoms with Crippen LogP contribution >= 0.6 is 0 Å². The molecule has 0 amide bonds. The van der Waals surface area contributed by atoms with Gasteiger partial charge < -0.3 is 9.47 Å².